The summed E-state index contributed by atoms with van der Waals surface area (Å²) < 4.78 is 16.7. The molecule has 2 aromatic heterocycles. The number of aromatic nitrogens is 3. The highest BCUT2D eigenvalue weighted by Crippen LogP contribution is 2.26. The Morgan fingerprint density at radius 3 is 2.81 bits per heavy atom. The molecular formula is C33H40N6O9. The Hall–Kier alpha value is -5.18. The van der Waals surface area contributed by atoms with E-state index < -0.39 is 54.0 Å². The number of cyclic esters (lactones) is 1. The summed E-state index contributed by atoms with van der Waals surface area (Å²) in [7, 11) is 0. The highest BCUT2D eigenvalue weighted by molar-refractivity contribution is 5.95. The smallest absolute Gasteiger partial charge is 0.412 e. The number of nitrogens with one attached hydrogen (secondary N) is 2. The van der Waals surface area contributed by atoms with Crippen molar-refractivity contribution >= 4 is 35.5 Å². The van der Waals surface area contributed by atoms with E-state index in [1.165, 1.54) is 35.6 Å². The van der Waals surface area contributed by atoms with Crippen molar-refractivity contribution < 1.29 is 43.0 Å². The van der Waals surface area contributed by atoms with Crippen molar-refractivity contribution in [3.63, 3.8) is 0 Å². The van der Waals surface area contributed by atoms with E-state index in [0.29, 0.717) is 18.4 Å². The van der Waals surface area contributed by atoms with E-state index in [1.54, 1.807) is 39.0 Å². The number of hydrogen-bond donors (Lipinski definition) is 3. The predicted octanol–water partition coefficient (Wildman–Crippen LogP) is 2.55. The lowest BCUT2D eigenvalue weighted by atomic mass is 9.93. The monoisotopic (exact) mass is 664 g/mol. The third-order valence-corrected chi connectivity index (χ3v) is 7.73. The van der Waals surface area contributed by atoms with Crippen LogP contribution >= 0.6 is 0 Å². The molecule has 0 unspecified atom stereocenters. The topological polar surface area (TPSA) is 203 Å². The molecule has 2 aromatic rings. The van der Waals surface area contributed by atoms with Crippen LogP contribution < -0.4 is 10.6 Å². The molecule has 2 aliphatic rings. The van der Waals surface area contributed by atoms with Crippen LogP contribution in [0, 0.1) is 11.8 Å². The largest absolute Gasteiger partial charge is 0.460 e. The summed E-state index contributed by atoms with van der Waals surface area (Å²) in [4.78, 5) is 77.9. The van der Waals surface area contributed by atoms with Crippen LogP contribution in [0.1, 0.15) is 56.4 Å². The maximum Gasteiger partial charge on any atom is 0.412 e. The molecule has 256 valence electrons. The molecule has 4 rings (SSSR count). The molecule has 2 aliphatic heterocycles. The standard InChI is InChI=1S/C33H40N6O9/c1-20-6-4-10-36-28(42)9-8-21(2)30(22(3)18-47-33(45)38-27-17-34-11-12-35-27)48-32(44)26-7-5-13-39(26)31(43)25-19-46-29(37-25)16-24(41)15-23(40)14-20/h4,6,8-9,11-12,14,17,19,21-23,26,30,40H,5,7,10,13,15-16,18H2,1-3H3,(H,36,42)(H,35,38,45)/b6-4?,9-8+,20-14?/t21-,22+,23-,26-,30+/m1/s1. The van der Waals surface area contributed by atoms with Crippen molar-refractivity contribution in [3.8, 4) is 0 Å². The van der Waals surface area contributed by atoms with Gasteiger partial charge in [-0.05, 0) is 25.8 Å². The van der Waals surface area contributed by atoms with Crippen molar-refractivity contribution in [2.45, 2.75) is 64.7 Å². The maximum atomic E-state index is 13.6. The first-order chi connectivity index (χ1) is 23.0. The Morgan fingerprint density at radius 2 is 2.04 bits per heavy atom. The van der Waals surface area contributed by atoms with Crippen LogP contribution in [0.5, 0.6) is 0 Å². The Bertz CT molecular complexity index is 1550. The molecule has 0 radical (unpaired) electrons. The van der Waals surface area contributed by atoms with E-state index in [0.717, 1.165) is 6.26 Å². The Kier molecular flexibility index (Phi) is 12.7. The van der Waals surface area contributed by atoms with Gasteiger partial charge in [0.1, 0.15) is 24.2 Å². The van der Waals surface area contributed by atoms with Crippen molar-refractivity contribution in [2.75, 3.05) is 25.0 Å². The molecule has 3 amide bonds. The number of amides is 3. The van der Waals surface area contributed by atoms with E-state index in [9.17, 15) is 29.1 Å². The van der Waals surface area contributed by atoms with Gasteiger partial charge in [0.25, 0.3) is 5.91 Å². The number of fused-ring (bicyclic) bond motifs is 3. The van der Waals surface area contributed by atoms with Gasteiger partial charge in [0.2, 0.25) is 11.8 Å². The third-order valence-electron chi connectivity index (χ3n) is 7.73. The lowest BCUT2D eigenvalue weighted by Gasteiger charge is -2.30. The van der Waals surface area contributed by atoms with Gasteiger partial charge in [0.15, 0.2) is 11.5 Å². The number of hydrogen-bond acceptors (Lipinski definition) is 12. The van der Waals surface area contributed by atoms with E-state index >= 15 is 0 Å². The lowest BCUT2D eigenvalue weighted by molar-refractivity contribution is -0.159. The zero-order valence-electron chi connectivity index (χ0n) is 27.0. The zero-order valence-corrected chi connectivity index (χ0v) is 27.0. The number of aliphatic hydroxyl groups is 1. The summed E-state index contributed by atoms with van der Waals surface area (Å²) in [6, 6.07) is -0.923. The molecule has 4 heterocycles. The molecule has 2 bridgehead atoms. The van der Waals surface area contributed by atoms with E-state index in [4.69, 9.17) is 13.9 Å². The van der Waals surface area contributed by atoms with E-state index in [2.05, 4.69) is 25.6 Å². The first-order valence-electron chi connectivity index (χ1n) is 15.7. The van der Waals surface area contributed by atoms with Crippen molar-refractivity contribution in [1.82, 2.24) is 25.2 Å². The number of rotatable bonds is 4. The molecule has 0 aromatic carbocycles. The van der Waals surface area contributed by atoms with E-state index in [1.807, 2.05) is 0 Å². The summed E-state index contributed by atoms with van der Waals surface area (Å²) in [6.45, 7) is 5.56. The number of allylic oxidation sites excluding steroid dienone is 2. The van der Waals surface area contributed by atoms with Gasteiger partial charge in [-0.1, -0.05) is 43.7 Å². The Morgan fingerprint density at radius 1 is 1.23 bits per heavy atom. The minimum Gasteiger partial charge on any atom is -0.460 e. The number of aliphatic hydroxyl groups excluding tert-OH is 1. The number of anilines is 1. The molecule has 1 saturated heterocycles. The summed E-state index contributed by atoms with van der Waals surface area (Å²) in [5.41, 5.74) is 0.620. The number of Topliss-reactive ketones (excluding diaryl/α,β-unsaturated/α-hetero) is 1. The molecular weight excluding hydrogens is 624 g/mol. The molecule has 3 N–H and O–H groups in total. The second kappa shape index (κ2) is 17.1. The average Bonchev–Trinajstić information content (AvgIpc) is 3.73. The van der Waals surface area contributed by atoms with Gasteiger partial charge in [-0.3, -0.25) is 24.7 Å². The van der Waals surface area contributed by atoms with Gasteiger partial charge in [-0.25, -0.2) is 19.6 Å². The molecule has 5 atom stereocenters. The van der Waals surface area contributed by atoms with E-state index in [-0.39, 0.29) is 55.7 Å². The number of ketones is 1. The molecule has 48 heavy (non-hydrogen) atoms. The third kappa shape index (κ3) is 10.4. The van der Waals surface area contributed by atoms with Gasteiger partial charge in [0, 0.05) is 43.7 Å². The molecule has 0 aliphatic carbocycles. The second-order valence-electron chi connectivity index (χ2n) is 11.7. The first kappa shape index (κ1) is 35.7. The van der Waals surface area contributed by atoms with Gasteiger partial charge >= 0.3 is 12.1 Å². The second-order valence-corrected chi connectivity index (χ2v) is 11.7. The quantitative estimate of drug-likeness (QED) is 0.404. The van der Waals surface area contributed by atoms with Crippen molar-refractivity contribution in [1.29, 1.82) is 0 Å². The number of esters is 1. The van der Waals surface area contributed by atoms with Crippen molar-refractivity contribution in [2.24, 2.45) is 11.8 Å². The zero-order chi connectivity index (χ0) is 34.6. The van der Waals surface area contributed by atoms with Gasteiger partial charge in [-0.15, -0.1) is 0 Å². The van der Waals surface area contributed by atoms with Crippen LogP contribution in [0.15, 0.2) is 65.2 Å². The molecule has 1 fully saturated rings. The normalized spacial score (nSPS) is 24.5. The van der Waals surface area contributed by atoms with Crippen LogP contribution in [-0.2, 0) is 30.3 Å². The summed E-state index contributed by atoms with van der Waals surface area (Å²) >= 11 is 0. The fourth-order valence-electron chi connectivity index (χ4n) is 5.36. The van der Waals surface area contributed by atoms with Crippen LogP contribution in [0.2, 0.25) is 0 Å². The van der Waals surface area contributed by atoms with Crippen LogP contribution in [0.25, 0.3) is 0 Å². The van der Waals surface area contributed by atoms with Crippen LogP contribution in [0.4, 0.5) is 10.6 Å². The molecule has 15 nitrogen and oxygen atoms in total. The first-order valence-corrected chi connectivity index (χ1v) is 15.7. The minimum atomic E-state index is -1.05. The molecule has 15 heteroatoms. The van der Waals surface area contributed by atoms with Gasteiger partial charge in [-0.2, -0.15) is 0 Å². The van der Waals surface area contributed by atoms with Crippen LogP contribution in [0.3, 0.4) is 0 Å². The number of carbonyl (C=O) groups is 5. The van der Waals surface area contributed by atoms with Gasteiger partial charge in [0.05, 0.1) is 25.3 Å². The van der Waals surface area contributed by atoms with Crippen molar-refractivity contribution in [3.05, 3.63) is 72.4 Å². The fraction of sp³-hybridized carbons (Fsp3) is 0.455. The van der Waals surface area contributed by atoms with Gasteiger partial charge < -0.3 is 29.2 Å². The summed E-state index contributed by atoms with van der Waals surface area (Å²) in [5, 5.41) is 15.5. The number of carbonyl (C=O) groups excluding carboxylic acids is 5. The number of ether oxygens (including phenoxy) is 2. The highest BCUT2D eigenvalue weighted by atomic mass is 16.6. The fourth-order valence-corrected chi connectivity index (χ4v) is 5.36. The number of nitrogens with zero attached hydrogens (tertiary/aromatic N) is 4. The Labute approximate surface area is 277 Å². The highest BCUT2D eigenvalue weighted by Gasteiger charge is 2.39. The van der Waals surface area contributed by atoms with Crippen LogP contribution in [-0.4, -0.2) is 92.6 Å². The average molecular weight is 665 g/mol. The summed E-state index contributed by atoms with van der Waals surface area (Å²) in [6.07, 6.45) is 11.0. The minimum absolute atomic E-state index is 0.0152. The number of oxazole rings is 1. The summed E-state index contributed by atoms with van der Waals surface area (Å²) in [5.74, 6) is -2.79. The predicted molar refractivity (Wildman–Crippen MR) is 170 cm³/mol. The SMILES string of the molecule is CC1=C[C@@H](O)CC(=O)Cc2nc(co2)C(=O)N2CCC[C@@H]2C(=O)O[C@H]([C@@H](C)COC(=O)Nc2cnccn2)[C@H](C)/C=C/C(=O)NCC=C1. The molecule has 0 saturated carbocycles. The lowest BCUT2D eigenvalue weighted by Crippen LogP contribution is -2.44. The molecule has 0 spiro atoms. The Balaban J connectivity index is 1.54. The maximum absolute atomic E-state index is 13.6.